The molecule has 25 heavy (non-hydrogen) atoms. The minimum absolute atomic E-state index is 0.0961. The topological polar surface area (TPSA) is 124 Å². The zero-order chi connectivity index (χ0) is 19.7. The monoisotopic (exact) mass is 375 g/mol. The molecule has 0 aromatic heterocycles. The molecule has 0 saturated heterocycles. The van der Waals surface area contributed by atoms with Crippen LogP contribution in [0, 0.1) is 12.8 Å². The van der Waals surface area contributed by atoms with E-state index in [0.29, 0.717) is 12.2 Å². The van der Waals surface area contributed by atoms with Crippen molar-refractivity contribution >= 4 is 29.2 Å². The third kappa shape index (κ3) is 15.8. The highest BCUT2D eigenvalue weighted by atomic mass is 32.2. The van der Waals surface area contributed by atoms with Gasteiger partial charge in [0.1, 0.15) is 11.9 Å². The molecule has 7 nitrogen and oxygen atoms in total. The molecular formula is C17H29NO6S. The molecular weight excluding hydrogens is 346 g/mol. The van der Waals surface area contributed by atoms with Gasteiger partial charge in [0.15, 0.2) is 5.78 Å². The zero-order valence-electron chi connectivity index (χ0n) is 14.6. The maximum absolute atomic E-state index is 11.5. The number of Topliss-reactive ketones (excluding diaryl/α,β-unsaturated/α-hetero) is 2. The maximum atomic E-state index is 11.5. The predicted octanol–water partition coefficient (Wildman–Crippen LogP) is -0.0921. The first-order chi connectivity index (χ1) is 11.9. The number of nitrogens with one attached hydrogen (secondary N) is 1. The van der Waals surface area contributed by atoms with E-state index in [-0.39, 0.29) is 37.7 Å². The van der Waals surface area contributed by atoms with Crippen molar-refractivity contribution < 1.29 is 29.7 Å². The van der Waals surface area contributed by atoms with E-state index in [9.17, 15) is 24.6 Å². The molecule has 2 atom stereocenters. The average molecular weight is 375 g/mol. The van der Waals surface area contributed by atoms with Crippen molar-refractivity contribution in [1.29, 1.82) is 0 Å². The van der Waals surface area contributed by atoms with E-state index < -0.39 is 18.0 Å². The van der Waals surface area contributed by atoms with Crippen LogP contribution in [0.5, 0.6) is 0 Å². The molecule has 144 valence electrons. The first-order valence-corrected chi connectivity index (χ1v) is 9.20. The Labute approximate surface area is 153 Å². The number of amides is 1. The van der Waals surface area contributed by atoms with Crippen molar-refractivity contribution in [3.05, 3.63) is 0 Å². The Morgan fingerprint density at radius 1 is 1.08 bits per heavy atom. The van der Waals surface area contributed by atoms with Gasteiger partial charge in [-0.05, 0) is 31.9 Å². The van der Waals surface area contributed by atoms with E-state index in [4.69, 9.17) is 5.11 Å². The highest BCUT2D eigenvalue weighted by molar-refractivity contribution is 7.99. The Balaban J connectivity index is 0. The minimum atomic E-state index is -1.60. The summed E-state index contributed by atoms with van der Waals surface area (Å²) >= 11 is 1.61. The van der Waals surface area contributed by atoms with Gasteiger partial charge in [-0.1, -0.05) is 0 Å². The van der Waals surface area contributed by atoms with E-state index in [1.54, 1.807) is 18.7 Å². The van der Waals surface area contributed by atoms with Crippen LogP contribution < -0.4 is 5.32 Å². The second kappa shape index (κ2) is 17.4. The van der Waals surface area contributed by atoms with Crippen LogP contribution in [0.25, 0.3) is 0 Å². The van der Waals surface area contributed by atoms with Crippen molar-refractivity contribution in [2.45, 2.75) is 51.2 Å². The second-order valence-corrected chi connectivity index (χ2v) is 6.51. The number of carbonyl (C=O) groups excluding carboxylic acids is 3. The van der Waals surface area contributed by atoms with E-state index in [1.165, 1.54) is 0 Å². The van der Waals surface area contributed by atoms with Crippen LogP contribution in [0.4, 0.5) is 0 Å². The number of rotatable bonds is 14. The molecule has 0 aliphatic carbocycles. The average Bonchev–Trinajstić information content (AvgIpc) is 2.59. The van der Waals surface area contributed by atoms with Gasteiger partial charge in [0.25, 0.3) is 0 Å². The molecule has 1 amide bonds. The zero-order valence-corrected chi connectivity index (χ0v) is 15.5. The lowest BCUT2D eigenvalue weighted by Crippen LogP contribution is -2.41. The molecule has 0 spiro atoms. The maximum Gasteiger partial charge on any atom is 0.221 e. The smallest absolute Gasteiger partial charge is 0.221 e. The lowest BCUT2D eigenvalue weighted by Gasteiger charge is -2.15. The first-order valence-electron chi connectivity index (χ1n) is 8.05. The molecule has 4 N–H and O–H groups in total. The Bertz CT molecular complexity index is 413. The summed E-state index contributed by atoms with van der Waals surface area (Å²) in [6, 6.07) is 0. The number of unbranched alkanes of at least 4 members (excludes halogenated alkanes) is 1. The third-order valence-electron chi connectivity index (χ3n) is 3.12. The van der Waals surface area contributed by atoms with Crippen LogP contribution in [0.1, 0.15) is 39.0 Å². The van der Waals surface area contributed by atoms with Crippen LogP contribution in [-0.2, 0) is 14.4 Å². The summed E-state index contributed by atoms with van der Waals surface area (Å²) in [5, 5.41) is 29.9. The van der Waals surface area contributed by atoms with Crippen LogP contribution in [0.3, 0.4) is 0 Å². The number of hydrogen-bond acceptors (Lipinski definition) is 7. The summed E-state index contributed by atoms with van der Waals surface area (Å²) in [5.74, 6) is 0.710. The molecule has 0 radical (unpaired) electrons. The first kappa shape index (κ1) is 25.8. The Morgan fingerprint density at radius 3 is 2.28 bits per heavy atom. The minimum Gasteiger partial charge on any atom is -0.396 e. The molecule has 8 heteroatoms. The second-order valence-electron chi connectivity index (χ2n) is 5.29. The lowest BCUT2D eigenvalue weighted by atomic mass is 10.1. The largest absolute Gasteiger partial charge is 0.396 e. The fourth-order valence-electron chi connectivity index (χ4n) is 1.73. The van der Waals surface area contributed by atoms with Crippen molar-refractivity contribution in [3.63, 3.8) is 0 Å². The molecule has 0 aliphatic rings. The van der Waals surface area contributed by atoms with Gasteiger partial charge < -0.3 is 25.4 Å². The quantitative estimate of drug-likeness (QED) is 0.247. The van der Waals surface area contributed by atoms with Gasteiger partial charge in [-0.15, -0.1) is 12.8 Å². The van der Waals surface area contributed by atoms with Gasteiger partial charge in [0.2, 0.25) is 5.91 Å². The standard InChI is InChI=1S/C15H27NO6S.C2H2/c1-11(18)4-2-3-8-23-9-6-14(21)16-10-13(20)15(22)12(19)5-7-17;1-2/h12,15,17,19,22H,2-10H2,1H3,(H,16,21);1-2H/t12-,15+;/m0./s1. The molecule has 0 unspecified atom stereocenters. The number of carbonyl (C=O) groups is 3. The summed E-state index contributed by atoms with van der Waals surface area (Å²) in [6.07, 6.45) is 7.62. The van der Waals surface area contributed by atoms with E-state index in [1.807, 2.05) is 0 Å². The van der Waals surface area contributed by atoms with Gasteiger partial charge >= 0.3 is 0 Å². The molecule has 0 saturated carbocycles. The summed E-state index contributed by atoms with van der Waals surface area (Å²) in [4.78, 5) is 33.8. The van der Waals surface area contributed by atoms with Crippen molar-refractivity contribution in [2.24, 2.45) is 0 Å². The number of ketones is 2. The Hall–Kier alpha value is -1.40. The van der Waals surface area contributed by atoms with Crippen molar-refractivity contribution in [1.82, 2.24) is 5.32 Å². The van der Waals surface area contributed by atoms with Crippen LogP contribution >= 0.6 is 11.8 Å². The Kier molecular flexibility index (Phi) is 18.0. The normalized spacial score (nSPS) is 12.4. The number of hydrogen-bond donors (Lipinski definition) is 4. The fraction of sp³-hybridized carbons (Fsp3) is 0.706. The van der Waals surface area contributed by atoms with Gasteiger partial charge in [-0.25, -0.2) is 0 Å². The van der Waals surface area contributed by atoms with Gasteiger partial charge in [-0.3, -0.25) is 9.59 Å². The van der Waals surface area contributed by atoms with Gasteiger partial charge in [0.05, 0.1) is 12.6 Å². The summed E-state index contributed by atoms with van der Waals surface area (Å²) in [7, 11) is 0. The summed E-state index contributed by atoms with van der Waals surface area (Å²) in [5.41, 5.74) is 0. The molecule has 0 fully saturated rings. The summed E-state index contributed by atoms with van der Waals surface area (Å²) < 4.78 is 0. The molecule has 0 heterocycles. The molecule has 0 aromatic rings. The predicted molar refractivity (Wildman–Crippen MR) is 98.1 cm³/mol. The SMILES string of the molecule is C#C.CC(=O)CCCCSCCC(=O)NCC(=O)[C@H](O)[C@@H](O)CCO. The fourth-order valence-corrected chi connectivity index (χ4v) is 2.67. The van der Waals surface area contributed by atoms with Gasteiger partial charge in [-0.2, -0.15) is 11.8 Å². The van der Waals surface area contributed by atoms with Crippen LogP contribution in [0.15, 0.2) is 0 Å². The Morgan fingerprint density at radius 2 is 1.72 bits per heavy atom. The van der Waals surface area contributed by atoms with Crippen molar-refractivity contribution in [2.75, 3.05) is 24.7 Å². The van der Waals surface area contributed by atoms with Crippen molar-refractivity contribution in [3.8, 4) is 12.8 Å². The van der Waals surface area contributed by atoms with Crippen LogP contribution in [-0.4, -0.2) is 69.7 Å². The van der Waals surface area contributed by atoms with Gasteiger partial charge in [0, 0.05) is 25.2 Å². The molecule has 0 aliphatic heterocycles. The lowest BCUT2D eigenvalue weighted by molar-refractivity contribution is -0.134. The molecule has 0 rings (SSSR count). The number of thioether (sulfide) groups is 1. The van der Waals surface area contributed by atoms with Crippen LogP contribution in [0.2, 0.25) is 0 Å². The van der Waals surface area contributed by atoms with E-state index >= 15 is 0 Å². The summed E-state index contributed by atoms with van der Waals surface area (Å²) in [6.45, 7) is 0.895. The molecule has 0 bridgehead atoms. The number of terminal acetylenes is 1. The third-order valence-corrected chi connectivity index (χ3v) is 4.19. The van der Waals surface area contributed by atoms with E-state index in [0.717, 1.165) is 18.6 Å². The highest BCUT2D eigenvalue weighted by Gasteiger charge is 2.23. The van der Waals surface area contributed by atoms with E-state index in [2.05, 4.69) is 18.2 Å². The highest BCUT2D eigenvalue weighted by Crippen LogP contribution is 2.08. The number of aliphatic hydroxyl groups is 3. The molecule has 0 aromatic carbocycles. The number of aliphatic hydroxyl groups excluding tert-OH is 3.